The summed E-state index contributed by atoms with van der Waals surface area (Å²) in [5.74, 6) is -0.173. The van der Waals surface area contributed by atoms with Crippen LogP contribution >= 0.6 is 11.6 Å². The van der Waals surface area contributed by atoms with Gasteiger partial charge in [-0.05, 0) is 29.7 Å². The first-order chi connectivity index (χ1) is 7.67. The number of ether oxygens (including phenoxy) is 1. The van der Waals surface area contributed by atoms with E-state index >= 15 is 0 Å². The molecular weight excluding hydrogens is 226 g/mol. The fourth-order valence-electron chi connectivity index (χ4n) is 1.60. The normalized spacial score (nSPS) is 9.62. The molecule has 0 bridgehead atoms. The van der Waals surface area contributed by atoms with Crippen LogP contribution in [0.3, 0.4) is 0 Å². The van der Waals surface area contributed by atoms with Crippen LogP contribution in [0.15, 0.2) is 12.1 Å². The van der Waals surface area contributed by atoms with Gasteiger partial charge in [-0.2, -0.15) is 5.26 Å². The minimum atomic E-state index is -0.453. The lowest BCUT2D eigenvalue weighted by atomic mass is 9.97. The number of nitriles is 1. The molecule has 0 unspecified atom stereocenters. The molecule has 0 spiro atoms. The smallest absolute Gasteiger partial charge is 0.337 e. The molecule has 0 atom stereocenters. The van der Waals surface area contributed by atoms with E-state index in [-0.39, 0.29) is 5.88 Å². The second-order valence-electron chi connectivity index (χ2n) is 3.25. The fraction of sp³-hybridized carbons (Fsp3) is 0.333. The number of rotatable bonds is 3. The molecule has 84 valence electrons. The summed E-state index contributed by atoms with van der Waals surface area (Å²) in [4.78, 5) is 11.4. The van der Waals surface area contributed by atoms with Gasteiger partial charge in [-0.1, -0.05) is 6.92 Å². The molecule has 0 aliphatic rings. The van der Waals surface area contributed by atoms with Crippen LogP contribution in [0.1, 0.15) is 34.0 Å². The third-order valence-corrected chi connectivity index (χ3v) is 2.67. The molecule has 1 rings (SSSR count). The monoisotopic (exact) mass is 237 g/mol. The molecule has 0 heterocycles. The summed E-state index contributed by atoms with van der Waals surface area (Å²) in [6.45, 7) is 1.95. The highest BCUT2D eigenvalue weighted by molar-refractivity contribution is 6.17. The molecule has 4 heteroatoms. The number of hydrogen-bond acceptors (Lipinski definition) is 3. The van der Waals surface area contributed by atoms with Gasteiger partial charge >= 0.3 is 5.97 Å². The number of halogens is 1. The predicted octanol–water partition coefficient (Wildman–Crippen LogP) is 2.65. The Kier molecular flexibility index (Phi) is 4.33. The van der Waals surface area contributed by atoms with Gasteiger partial charge in [0.05, 0.1) is 24.3 Å². The van der Waals surface area contributed by atoms with Crippen molar-refractivity contribution in [1.29, 1.82) is 5.26 Å². The molecule has 0 saturated heterocycles. The van der Waals surface area contributed by atoms with Crippen molar-refractivity contribution >= 4 is 17.6 Å². The standard InChI is InChI=1S/C12H12ClNO2/c1-3-11-9(6-13)4-8(12(15)16-2)5-10(11)7-14/h4-5H,3,6H2,1-2H3. The summed E-state index contributed by atoms with van der Waals surface area (Å²) in [6, 6.07) is 5.30. The number of methoxy groups -OCH3 is 1. The number of carbonyl (C=O) groups excluding carboxylic acids is 1. The topological polar surface area (TPSA) is 50.1 Å². The highest BCUT2D eigenvalue weighted by Crippen LogP contribution is 2.20. The third-order valence-electron chi connectivity index (χ3n) is 2.38. The molecule has 0 aliphatic heterocycles. The van der Waals surface area contributed by atoms with Gasteiger partial charge in [-0.25, -0.2) is 4.79 Å². The van der Waals surface area contributed by atoms with E-state index in [4.69, 9.17) is 16.9 Å². The lowest BCUT2D eigenvalue weighted by Gasteiger charge is -2.09. The van der Waals surface area contributed by atoms with Crippen molar-refractivity contribution < 1.29 is 9.53 Å². The molecule has 0 aromatic heterocycles. The van der Waals surface area contributed by atoms with Crippen molar-refractivity contribution in [2.75, 3.05) is 7.11 Å². The average molecular weight is 238 g/mol. The predicted molar refractivity (Wildman–Crippen MR) is 61.4 cm³/mol. The third kappa shape index (κ3) is 2.34. The Hall–Kier alpha value is -1.53. The number of esters is 1. The number of benzene rings is 1. The zero-order valence-corrected chi connectivity index (χ0v) is 9.97. The largest absolute Gasteiger partial charge is 0.465 e. The Bertz CT molecular complexity index is 449. The first-order valence-corrected chi connectivity index (χ1v) is 5.41. The van der Waals surface area contributed by atoms with Gasteiger partial charge < -0.3 is 4.74 Å². The van der Waals surface area contributed by atoms with E-state index in [1.807, 2.05) is 6.92 Å². The molecule has 0 amide bonds. The van der Waals surface area contributed by atoms with Gasteiger partial charge in [-0.3, -0.25) is 0 Å². The Morgan fingerprint density at radius 3 is 2.69 bits per heavy atom. The van der Waals surface area contributed by atoms with Crippen LogP contribution < -0.4 is 0 Å². The van der Waals surface area contributed by atoms with Crippen LogP contribution in [0.4, 0.5) is 0 Å². The fourth-order valence-corrected chi connectivity index (χ4v) is 1.84. The molecule has 0 N–H and O–H groups in total. The molecule has 16 heavy (non-hydrogen) atoms. The Labute approximate surface area is 99.6 Å². The Morgan fingerprint density at radius 1 is 1.56 bits per heavy atom. The highest BCUT2D eigenvalue weighted by atomic mass is 35.5. The van der Waals surface area contributed by atoms with Gasteiger partial charge in [0.1, 0.15) is 0 Å². The molecule has 0 fully saturated rings. The number of alkyl halides is 1. The van der Waals surface area contributed by atoms with Crippen molar-refractivity contribution in [3.63, 3.8) is 0 Å². The van der Waals surface area contributed by atoms with Crippen molar-refractivity contribution in [3.05, 3.63) is 34.4 Å². The van der Waals surface area contributed by atoms with E-state index in [2.05, 4.69) is 10.8 Å². The van der Waals surface area contributed by atoms with Crippen LogP contribution in [0, 0.1) is 11.3 Å². The molecule has 3 nitrogen and oxygen atoms in total. The molecule has 0 aliphatic carbocycles. The summed E-state index contributed by atoms with van der Waals surface area (Å²) in [7, 11) is 1.31. The summed E-state index contributed by atoms with van der Waals surface area (Å²) in [5.41, 5.74) is 2.56. The zero-order chi connectivity index (χ0) is 12.1. The van der Waals surface area contributed by atoms with Gasteiger partial charge in [0, 0.05) is 5.88 Å². The van der Waals surface area contributed by atoms with Gasteiger partial charge in [-0.15, -0.1) is 11.6 Å². The second-order valence-corrected chi connectivity index (χ2v) is 3.52. The molecule has 0 radical (unpaired) electrons. The van der Waals surface area contributed by atoms with E-state index in [0.717, 1.165) is 11.1 Å². The number of nitrogens with zero attached hydrogens (tertiary/aromatic N) is 1. The summed E-state index contributed by atoms with van der Waals surface area (Å²) < 4.78 is 4.62. The highest BCUT2D eigenvalue weighted by Gasteiger charge is 2.13. The minimum absolute atomic E-state index is 0.280. The SMILES string of the molecule is CCc1c(C#N)cc(C(=O)OC)cc1CCl. The molecular formula is C12H12ClNO2. The van der Waals surface area contributed by atoms with E-state index < -0.39 is 5.97 Å². The Morgan fingerprint density at radius 2 is 2.25 bits per heavy atom. The Balaban J connectivity index is 3.38. The quantitative estimate of drug-likeness (QED) is 0.600. The number of carbonyl (C=O) groups is 1. The first-order valence-electron chi connectivity index (χ1n) is 4.88. The van der Waals surface area contributed by atoms with Crippen LogP contribution in [-0.2, 0) is 17.0 Å². The second kappa shape index (κ2) is 5.53. The summed E-state index contributed by atoms with van der Waals surface area (Å²) >= 11 is 5.80. The zero-order valence-electron chi connectivity index (χ0n) is 9.21. The minimum Gasteiger partial charge on any atom is -0.465 e. The van der Waals surface area contributed by atoms with Crippen molar-refractivity contribution in [2.24, 2.45) is 0 Å². The molecule has 1 aromatic carbocycles. The lowest BCUT2D eigenvalue weighted by Crippen LogP contribution is -2.05. The molecule has 0 saturated carbocycles. The maximum atomic E-state index is 11.4. The molecule has 1 aromatic rings. The van der Waals surface area contributed by atoms with E-state index in [1.165, 1.54) is 7.11 Å². The van der Waals surface area contributed by atoms with Gasteiger partial charge in [0.25, 0.3) is 0 Å². The van der Waals surface area contributed by atoms with Gasteiger partial charge in [0.15, 0.2) is 0 Å². The van der Waals surface area contributed by atoms with Crippen molar-refractivity contribution in [3.8, 4) is 6.07 Å². The van der Waals surface area contributed by atoms with Crippen molar-refractivity contribution in [2.45, 2.75) is 19.2 Å². The van der Waals surface area contributed by atoms with Crippen LogP contribution in [0.25, 0.3) is 0 Å². The maximum absolute atomic E-state index is 11.4. The number of hydrogen-bond donors (Lipinski definition) is 0. The van der Waals surface area contributed by atoms with Crippen LogP contribution in [0.5, 0.6) is 0 Å². The maximum Gasteiger partial charge on any atom is 0.337 e. The van der Waals surface area contributed by atoms with E-state index in [0.29, 0.717) is 17.5 Å². The first kappa shape index (κ1) is 12.5. The van der Waals surface area contributed by atoms with Crippen LogP contribution in [-0.4, -0.2) is 13.1 Å². The van der Waals surface area contributed by atoms with E-state index in [9.17, 15) is 4.79 Å². The summed E-state index contributed by atoms with van der Waals surface area (Å²) in [5, 5.41) is 9.00. The summed E-state index contributed by atoms with van der Waals surface area (Å²) in [6.07, 6.45) is 0.715. The van der Waals surface area contributed by atoms with Crippen molar-refractivity contribution in [1.82, 2.24) is 0 Å². The van der Waals surface area contributed by atoms with E-state index in [1.54, 1.807) is 12.1 Å². The lowest BCUT2D eigenvalue weighted by molar-refractivity contribution is 0.0600. The average Bonchev–Trinajstić information content (AvgIpc) is 2.35. The van der Waals surface area contributed by atoms with Crippen LogP contribution in [0.2, 0.25) is 0 Å². The van der Waals surface area contributed by atoms with Gasteiger partial charge in [0.2, 0.25) is 0 Å².